The van der Waals surface area contributed by atoms with Crippen LogP contribution < -0.4 is 15.8 Å². The molecule has 0 spiro atoms. The molecule has 28 heavy (non-hydrogen) atoms. The summed E-state index contributed by atoms with van der Waals surface area (Å²) in [5.41, 5.74) is 7.26. The van der Waals surface area contributed by atoms with Gasteiger partial charge in [-0.05, 0) is 42.5 Å². The van der Waals surface area contributed by atoms with Gasteiger partial charge >= 0.3 is 0 Å². The highest BCUT2D eigenvalue weighted by Crippen LogP contribution is 2.29. The molecule has 0 fully saturated rings. The number of halogens is 2. The molecule has 0 radical (unpaired) electrons. The molecule has 0 bridgehead atoms. The lowest BCUT2D eigenvalue weighted by molar-refractivity contribution is 0.102. The fraction of sp³-hybridized carbons (Fsp3) is 0. The second kappa shape index (κ2) is 6.99. The molecule has 0 unspecified atom stereocenters. The molecule has 0 atom stereocenters. The largest absolute Gasteiger partial charge is 0.457 e. The van der Waals surface area contributed by atoms with Crippen LogP contribution in [0.4, 0.5) is 20.3 Å². The predicted molar refractivity (Wildman–Crippen MR) is 101 cm³/mol. The average molecular weight is 380 g/mol. The van der Waals surface area contributed by atoms with E-state index in [1.54, 1.807) is 42.5 Å². The van der Waals surface area contributed by atoms with Crippen molar-refractivity contribution in [3.8, 4) is 11.5 Å². The number of nitrogens with zero attached hydrogens (tertiary/aromatic N) is 1. The first kappa shape index (κ1) is 17.5. The van der Waals surface area contributed by atoms with E-state index in [0.717, 1.165) is 18.2 Å². The summed E-state index contributed by atoms with van der Waals surface area (Å²) in [6.45, 7) is 0. The fourth-order valence-corrected chi connectivity index (χ4v) is 2.69. The zero-order valence-electron chi connectivity index (χ0n) is 14.4. The zero-order valence-corrected chi connectivity index (χ0v) is 14.4. The molecule has 0 saturated heterocycles. The van der Waals surface area contributed by atoms with Gasteiger partial charge in [0.1, 0.15) is 23.1 Å². The van der Waals surface area contributed by atoms with Crippen LogP contribution in [0.2, 0.25) is 0 Å². The quantitative estimate of drug-likeness (QED) is 0.456. The first-order valence-electron chi connectivity index (χ1n) is 8.27. The SMILES string of the molecule is Nc1ccc(C(=O)Nc2n[nH]c3ccc(Oc4cc(F)cc(F)c4)cc23)cc1. The number of ether oxygens (including phenoxy) is 1. The molecule has 1 amide bonds. The Bertz CT molecular complexity index is 1150. The lowest BCUT2D eigenvalue weighted by Gasteiger charge is -2.07. The number of fused-ring (bicyclic) bond motifs is 1. The van der Waals surface area contributed by atoms with Crippen molar-refractivity contribution in [2.24, 2.45) is 0 Å². The molecule has 0 aliphatic heterocycles. The van der Waals surface area contributed by atoms with E-state index < -0.39 is 11.6 Å². The van der Waals surface area contributed by atoms with E-state index in [1.165, 1.54) is 0 Å². The molecule has 140 valence electrons. The van der Waals surface area contributed by atoms with Gasteiger partial charge in [0, 0.05) is 34.8 Å². The Morgan fingerprint density at radius 2 is 1.68 bits per heavy atom. The third-order valence-corrected chi connectivity index (χ3v) is 4.01. The number of rotatable bonds is 4. The van der Waals surface area contributed by atoms with E-state index in [9.17, 15) is 13.6 Å². The van der Waals surface area contributed by atoms with Crippen LogP contribution >= 0.6 is 0 Å². The maximum atomic E-state index is 13.3. The standard InChI is InChI=1S/C20H14F2N4O2/c21-12-7-13(22)9-16(8-12)28-15-5-6-18-17(10-15)19(26-25-18)24-20(27)11-1-3-14(23)4-2-11/h1-10H,23H2,(H2,24,25,26,27). The number of aromatic amines is 1. The average Bonchev–Trinajstić information content (AvgIpc) is 3.03. The maximum absolute atomic E-state index is 13.3. The van der Waals surface area contributed by atoms with Crippen molar-refractivity contribution in [3.63, 3.8) is 0 Å². The van der Waals surface area contributed by atoms with Gasteiger partial charge in [0.2, 0.25) is 0 Å². The van der Waals surface area contributed by atoms with Crippen molar-refractivity contribution >= 4 is 28.3 Å². The van der Waals surface area contributed by atoms with Crippen molar-refractivity contribution in [3.05, 3.63) is 77.9 Å². The van der Waals surface area contributed by atoms with Crippen molar-refractivity contribution in [2.75, 3.05) is 11.1 Å². The summed E-state index contributed by atoms with van der Waals surface area (Å²) < 4.78 is 32.2. The summed E-state index contributed by atoms with van der Waals surface area (Å²) in [4.78, 5) is 12.4. The highest BCUT2D eigenvalue weighted by Gasteiger charge is 2.13. The number of H-pyrrole nitrogens is 1. The van der Waals surface area contributed by atoms with E-state index in [2.05, 4.69) is 15.5 Å². The number of amides is 1. The summed E-state index contributed by atoms with van der Waals surface area (Å²) in [6, 6.07) is 14.3. The van der Waals surface area contributed by atoms with Crippen LogP contribution in [0.5, 0.6) is 11.5 Å². The van der Waals surface area contributed by atoms with Gasteiger partial charge in [-0.15, -0.1) is 0 Å². The Morgan fingerprint density at radius 1 is 0.964 bits per heavy atom. The van der Waals surface area contributed by atoms with Gasteiger partial charge in [-0.2, -0.15) is 5.10 Å². The monoisotopic (exact) mass is 380 g/mol. The van der Waals surface area contributed by atoms with Crippen LogP contribution in [0.1, 0.15) is 10.4 Å². The van der Waals surface area contributed by atoms with Gasteiger partial charge in [-0.25, -0.2) is 8.78 Å². The summed E-state index contributed by atoms with van der Waals surface area (Å²) in [7, 11) is 0. The van der Waals surface area contributed by atoms with E-state index >= 15 is 0 Å². The molecular weight excluding hydrogens is 366 g/mol. The van der Waals surface area contributed by atoms with Gasteiger partial charge in [-0.3, -0.25) is 9.89 Å². The van der Waals surface area contributed by atoms with Crippen LogP contribution in [-0.4, -0.2) is 16.1 Å². The second-order valence-corrected chi connectivity index (χ2v) is 6.06. The van der Waals surface area contributed by atoms with Crippen molar-refractivity contribution < 1.29 is 18.3 Å². The number of nitrogen functional groups attached to an aromatic ring is 1. The Kier molecular flexibility index (Phi) is 4.36. The number of anilines is 2. The lowest BCUT2D eigenvalue weighted by atomic mass is 10.2. The molecule has 6 nitrogen and oxygen atoms in total. The Labute approximate surface area is 157 Å². The Balaban J connectivity index is 1.60. The third-order valence-electron chi connectivity index (χ3n) is 4.01. The number of hydrogen-bond donors (Lipinski definition) is 3. The number of carbonyl (C=O) groups is 1. The maximum Gasteiger partial charge on any atom is 0.256 e. The lowest BCUT2D eigenvalue weighted by Crippen LogP contribution is -2.12. The minimum Gasteiger partial charge on any atom is -0.457 e. The molecule has 0 saturated carbocycles. The van der Waals surface area contributed by atoms with Gasteiger partial charge in [0.15, 0.2) is 5.82 Å². The fourth-order valence-electron chi connectivity index (χ4n) is 2.69. The molecule has 3 aromatic carbocycles. The first-order valence-corrected chi connectivity index (χ1v) is 8.27. The smallest absolute Gasteiger partial charge is 0.256 e. The van der Waals surface area contributed by atoms with Crippen LogP contribution in [0, 0.1) is 11.6 Å². The number of hydrogen-bond acceptors (Lipinski definition) is 4. The topological polar surface area (TPSA) is 93.0 Å². The summed E-state index contributed by atoms with van der Waals surface area (Å²) in [6.07, 6.45) is 0. The number of nitrogens with two attached hydrogens (primary N) is 1. The number of aromatic nitrogens is 2. The molecular formula is C20H14F2N4O2. The van der Waals surface area contributed by atoms with E-state index in [4.69, 9.17) is 10.5 Å². The van der Waals surface area contributed by atoms with Gasteiger partial charge in [-0.1, -0.05) is 0 Å². The van der Waals surface area contributed by atoms with Crippen molar-refractivity contribution in [2.45, 2.75) is 0 Å². The number of carbonyl (C=O) groups excluding carboxylic acids is 1. The molecule has 4 N–H and O–H groups in total. The second-order valence-electron chi connectivity index (χ2n) is 6.06. The normalized spacial score (nSPS) is 10.8. The highest BCUT2D eigenvalue weighted by atomic mass is 19.1. The molecule has 4 aromatic rings. The molecule has 1 aromatic heterocycles. The van der Waals surface area contributed by atoms with E-state index in [1.807, 2.05) is 0 Å². The van der Waals surface area contributed by atoms with Crippen LogP contribution in [0.3, 0.4) is 0 Å². The Morgan fingerprint density at radius 3 is 2.39 bits per heavy atom. The molecule has 0 aliphatic rings. The highest BCUT2D eigenvalue weighted by molar-refractivity contribution is 6.08. The third kappa shape index (κ3) is 3.61. The minimum absolute atomic E-state index is 0.0211. The molecule has 8 heteroatoms. The zero-order chi connectivity index (χ0) is 19.7. The van der Waals surface area contributed by atoms with Crippen molar-refractivity contribution in [1.82, 2.24) is 10.2 Å². The Hall–Kier alpha value is -3.94. The van der Waals surface area contributed by atoms with Gasteiger partial charge in [0.05, 0.1) is 5.52 Å². The van der Waals surface area contributed by atoms with Crippen LogP contribution in [-0.2, 0) is 0 Å². The predicted octanol–water partition coefficient (Wildman–Crippen LogP) is 4.47. The summed E-state index contributed by atoms with van der Waals surface area (Å²) >= 11 is 0. The molecule has 1 heterocycles. The van der Waals surface area contributed by atoms with Gasteiger partial charge in [0.25, 0.3) is 5.91 Å². The first-order chi connectivity index (χ1) is 13.5. The van der Waals surface area contributed by atoms with Crippen LogP contribution in [0.25, 0.3) is 10.9 Å². The van der Waals surface area contributed by atoms with Gasteiger partial charge < -0.3 is 15.8 Å². The van der Waals surface area contributed by atoms with E-state index in [0.29, 0.717) is 33.7 Å². The summed E-state index contributed by atoms with van der Waals surface area (Å²) in [5.74, 6) is -1.18. The molecule has 4 rings (SSSR count). The molecule has 0 aliphatic carbocycles. The summed E-state index contributed by atoms with van der Waals surface area (Å²) in [5, 5.41) is 10.2. The number of nitrogens with one attached hydrogen (secondary N) is 2. The van der Waals surface area contributed by atoms with Crippen molar-refractivity contribution in [1.29, 1.82) is 0 Å². The van der Waals surface area contributed by atoms with E-state index in [-0.39, 0.29) is 11.7 Å². The minimum atomic E-state index is -0.740. The number of benzene rings is 3. The van der Waals surface area contributed by atoms with Crippen LogP contribution in [0.15, 0.2) is 60.7 Å².